The number of rotatable bonds is 7. The van der Waals surface area contributed by atoms with E-state index in [1.807, 2.05) is 0 Å². The molecule has 0 amide bonds. The number of nitrogens with two attached hydrogens (primary N) is 1. The number of methoxy groups -OCH3 is 1. The van der Waals surface area contributed by atoms with E-state index in [9.17, 15) is 13.2 Å². The van der Waals surface area contributed by atoms with Crippen LogP contribution < -0.4 is 10.5 Å². The molecule has 0 saturated heterocycles. The molecule has 0 atom stereocenters. The van der Waals surface area contributed by atoms with Crippen LogP contribution in [0.5, 0.6) is 5.75 Å². The van der Waals surface area contributed by atoms with Crippen LogP contribution in [0.15, 0.2) is 23.4 Å². The van der Waals surface area contributed by atoms with Gasteiger partial charge in [-0.1, -0.05) is 11.2 Å². The first-order chi connectivity index (χ1) is 9.87. The van der Waals surface area contributed by atoms with Gasteiger partial charge in [0.2, 0.25) is 0 Å². The van der Waals surface area contributed by atoms with Gasteiger partial charge in [-0.3, -0.25) is 0 Å². The number of halogens is 3. The minimum atomic E-state index is -4.16. The van der Waals surface area contributed by atoms with Gasteiger partial charge in [-0.25, -0.2) is 0 Å². The Hall–Kier alpha value is -1.96. The zero-order valence-corrected chi connectivity index (χ0v) is 11.5. The number of alkyl halides is 3. The van der Waals surface area contributed by atoms with Crippen LogP contribution in [-0.2, 0) is 11.3 Å². The van der Waals surface area contributed by atoms with Crippen molar-refractivity contribution in [2.24, 2.45) is 10.9 Å². The molecule has 5 nitrogen and oxygen atoms in total. The number of hydrogen-bond donors (Lipinski definition) is 2. The highest BCUT2D eigenvalue weighted by atomic mass is 19.4. The number of oxime groups is 1. The Morgan fingerprint density at radius 1 is 1.38 bits per heavy atom. The van der Waals surface area contributed by atoms with Crippen LogP contribution in [0.2, 0.25) is 0 Å². The third kappa shape index (κ3) is 5.90. The van der Waals surface area contributed by atoms with Crippen molar-refractivity contribution < 1.29 is 27.9 Å². The molecule has 1 aromatic carbocycles. The molecule has 0 aliphatic rings. The standard InChI is InChI=1S/C13H17F3N2O3/c1-20-11-7-9(3-4-10(11)12(17)18-19)8-21-6-2-5-13(14,15)16/h3-4,7,19H,2,5-6,8H2,1H3,(H2,17,18). The SMILES string of the molecule is COc1cc(COCCCC(F)(F)F)ccc1/C(N)=N/O. The maximum Gasteiger partial charge on any atom is 0.389 e. The van der Waals surface area contributed by atoms with E-state index in [-0.39, 0.29) is 25.5 Å². The average molecular weight is 306 g/mol. The van der Waals surface area contributed by atoms with Crippen molar-refractivity contribution in [3.05, 3.63) is 29.3 Å². The Labute approximate surface area is 120 Å². The largest absolute Gasteiger partial charge is 0.496 e. The second-order valence-electron chi connectivity index (χ2n) is 4.29. The molecule has 0 aromatic heterocycles. The third-order valence-corrected chi connectivity index (χ3v) is 2.67. The normalized spacial score (nSPS) is 12.5. The van der Waals surface area contributed by atoms with E-state index < -0.39 is 12.6 Å². The smallest absolute Gasteiger partial charge is 0.389 e. The topological polar surface area (TPSA) is 77.1 Å². The lowest BCUT2D eigenvalue weighted by atomic mass is 10.1. The van der Waals surface area contributed by atoms with E-state index in [1.54, 1.807) is 18.2 Å². The minimum absolute atomic E-state index is 0.0177. The Balaban J connectivity index is 2.53. The van der Waals surface area contributed by atoms with Crippen LogP contribution in [0.25, 0.3) is 0 Å². The van der Waals surface area contributed by atoms with Crippen LogP contribution in [0.1, 0.15) is 24.0 Å². The van der Waals surface area contributed by atoms with E-state index in [2.05, 4.69) is 5.16 Å². The minimum Gasteiger partial charge on any atom is -0.496 e. The summed E-state index contributed by atoms with van der Waals surface area (Å²) >= 11 is 0. The van der Waals surface area contributed by atoms with Gasteiger partial charge in [0.05, 0.1) is 19.3 Å². The van der Waals surface area contributed by atoms with E-state index in [0.717, 1.165) is 0 Å². The number of hydrogen-bond acceptors (Lipinski definition) is 4. The van der Waals surface area contributed by atoms with Crippen LogP contribution >= 0.6 is 0 Å². The second-order valence-corrected chi connectivity index (χ2v) is 4.29. The summed E-state index contributed by atoms with van der Waals surface area (Å²) < 4.78 is 46.1. The van der Waals surface area contributed by atoms with Gasteiger partial charge in [-0.15, -0.1) is 0 Å². The van der Waals surface area contributed by atoms with E-state index in [4.69, 9.17) is 20.4 Å². The second kappa shape index (κ2) is 7.72. The molecule has 1 rings (SSSR count). The van der Waals surface area contributed by atoms with Gasteiger partial charge in [-0.05, 0) is 24.1 Å². The molecule has 0 radical (unpaired) electrons. The Bertz CT molecular complexity index is 490. The lowest BCUT2D eigenvalue weighted by Crippen LogP contribution is -2.14. The molecule has 0 unspecified atom stereocenters. The molecule has 3 N–H and O–H groups in total. The first-order valence-corrected chi connectivity index (χ1v) is 6.16. The first-order valence-electron chi connectivity index (χ1n) is 6.16. The van der Waals surface area contributed by atoms with E-state index in [0.29, 0.717) is 16.9 Å². The molecule has 118 valence electrons. The maximum atomic E-state index is 11.9. The fraction of sp³-hybridized carbons (Fsp3) is 0.462. The zero-order valence-electron chi connectivity index (χ0n) is 11.5. The fourth-order valence-corrected chi connectivity index (χ4v) is 1.66. The summed E-state index contributed by atoms with van der Waals surface area (Å²) in [4.78, 5) is 0. The average Bonchev–Trinajstić information content (AvgIpc) is 2.44. The van der Waals surface area contributed by atoms with Gasteiger partial charge in [-0.2, -0.15) is 13.2 Å². The number of ether oxygens (including phenoxy) is 2. The van der Waals surface area contributed by atoms with Crippen LogP contribution in [0.4, 0.5) is 13.2 Å². The Morgan fingerprint density at radius 3 is 2.67 bits per heavy atom. The molecule has 1 aromatic rings. The quantitative estimate of drug-likeness (QED) is 0.267. The summed E-state index contributed by atoms with van der Waals surface area (Å²) in [6, 6.07) is 4.87. The lowest BCUT2D eigenvalue weighted by Gasteiger charge is -2.10. The molecule has 8 heteroatoms. The van der Waals surface area contributed by atoms with E-state index in [1.165, 1.54) is 7.11 Å². The molecule has 0 fully saturated rings. The number of benzene rings is 1. The zero-order chi connectivity index (χ0) is 15.9. The van der Waals surface area contributed by atoms with Crippen LogP contribution in [-0.4, -0.2) is 30.9 Å². The highest BCUT2D eigenvalue weighted by Crippen LogP contribution is 2.22. The van der Waals surface area contributed by atoms with Crippen LogP contribution in [0.3, 0.4) is 0 Å². The van der Waals surface area contributed by atoms with Crippen LogP contribution in [0, 0.1) is 0 Å². The summed E-state index contributed by atoms with van der Waals surface area (Å²) in [7, 11) is 1.43. The molecule has 0 spiro atoms. The highest BCUT2D eigenvalue weighted by molar-refractivity contribution is 5.99. The Kier molecular flexibility index (Phi) is 6.29. The number of amidine groups is 1. The predicted octanol–water partition coefficient (Wildman–Crippen LogP) is 2.65. The molecule has 0 heterocycles. The molecule has 0 aliphatic carbocycles. The van der Waals surface area contributed by atoms with Gasteiger partial charge >= 0.3 is 6.18 Å². The van der Waals surface area contributed by atoms with Gasteiger partial charge < -0.3 is 20.4 Å². The monoisotopic (exact) mass is 306 g/mol. The molecule has 21 heavy (non-hydrogen) atoms. The highest BCUT2D eigenvalue weighted by Gasteiger charge is 2.25. The Morgan fingerprint density at radius 2 is 2.10 bits per heavy atom. The summed E-state index contributed by atoms with van der Waals surface area (Å²) in [5.74, 6) is 0.297. The predicted molar refractivity (Wildman–Crippen MR) is 70.4 cm³/mol. The fourth-order valence-electron chi connectivity index (χ4n) is 1.66. The van der Waals surface area contributed by atoms with Gasteiger partial charge in [0.25, 0.3) is 0 Å². The number of nitrogens with zero attached hydrogens (tertiary/aromatic N) is 1. The summed E-state index contributed by atoms with van der Waals surface area (Å²) in [5.41, 5.74) is 6.62. The molecular formula is C13H17F3N2O3. The van der Waals surface area contributed by atoms with Crippen molar-refractivity contribution in [3.8, 4) is 5.75 Å². The van der Waals surface area contributed by atoms with Crippen molar-refractivity contribution in [1.29, 1.82) is 0 Å². The molecular weight excluding hydrogens is 289 g/mol. The lowest BCUT2D eigenvalue weighted by molar-refractivity contribution is -0.138. The third-order valence-electron chi connectivity index (χ3n) is 2.67. The van der Waals surface area contributed by atoms with Crippen molar-refractivity contribution >= 4 is 5.84 Å². The molecule has 0 bridgehead atoms. The summed E-state index contributed by atoms with van der Waals surface area (Å²) in [6.45, 7) is 0.175. The van der Waals surface area contributed by atoms with Gasteiger partial charge in [0.15, 0.2) is 5.84 Å². The maximum absolute atomic E-state index is 11.9. The van der Waals surface area contributed by atoms with Crippen molar-refractivity contribution in [1.82, 2.24) is 0 Å². The van der Waals surface area contributed by atoms with E-state index >= 15 is 0 Å². The first kappa shape index (κ1) is 17.1. The molecule has 0 saturated carbocycles. The molecule has 0 aliphatic heterocycles. The van der Waals surface area contributed by atoms with Gasteiger partial charge in [0, 0.05) is 13.0 Å². The summed E-state index contributed by atoms with van der Waals surface area (Å²) in [6.07, 6.45) is -5.10. The van der Waals surface area contributed by atoms with Crippen molar-refractivity contribution in [3.63, 3.8) is 0 Å². The van der Waals surface area contributed by atoms with Crippen molar-refractivity contribution in [2.45, 2.75) is 25.6 Å². The van der Waals surface area contributed by atoms with Gasteiger partial charge in [0.1, 0.15) is 5.75 Å². The summed E-state index contributed by atoms with van der Waals surface area (Å²) in [5, 5.41) is 11.5. The van der Waals surface area contributed by atoms with Crippen molar-refractivity contribution in [2.75, 3.05) is 13.7 Å².